The van der Waals surface area contributed by atoms with Crippen molar-refractivity contribution in [3.8, 4) is 16.5 Å². The number of hydrogen-bond donors (Lipinski definition) is 1. The lowest BCUT2D eigenvalue weighted by Gasteiger charge is -2.04. The fraction of sp³-hybridized carbons (Fsp3) is 0.0714. The topological polar surface area (TPSA) is 77.2 Å². The molecule has 6 nitrogen and oxygen atoms in total. The summed E-state index contributed by atoms with van der Waals surface area (Å²) >= 11 is 4.83. The molecule has 0 fully saturated rings. The van der Waals surface area contributed by atoms with Crippen LogP contribution in [-0.4, -0.2) is 22.7 Å². The number of nitrogens with zero attached hydrogens (tertiary/aromatic N) is 2. The Labute approximate surface area is 138 Å². The van der Waals surface area contributed by atoms with Crippen molar-refractivity contribution in [3.05, 3.63) is 46.3 Å². The first kappa shape index (κ1) is 14.7. The molecule has 1 N–H and O–H groups in total. The SMILES string of the molecule is O=C(COc1ccccc1)Nc1nnc(-c2ccc(Br)s2)o1. The van der Waals surface area contributed by atoms with Crippen molar-refractivity contribution < 1.29 is 13.9 Å². The third kappa shape index (κ3) is 3.71. The second-order valence-electron chi connectivity index (χ2n) is 4.17. The summed E-state index contributed by atoms with van der Waals surface area (Å²) in [6, 6.07) is 12.9. The number of carbonyl (C=O) groups is 1. The monoisotopic (exact) mass is 379 g/mol. The molecule has 0 saturated carbocycles. The van der Waals surface area contributed by atoms with Crippen molar-refractivity contribution in [2.45, 2.75) is 0 Å². The van der Waals surface area contributed by atoms with Crippen molar-refractivity contribution in [2.75, 3.05) is 11.9 Å². The number of anilines is 1. The zero-order valence-corrected chi connectivity index (χ0v) is 13.6. The summed E-state index contributed by atoms with van der Waals surface area (Å²) in [5.74, 6) is 0.605. The van der Waals surface area contributed by atoms with Crippen LogP contribution < -0.4 is 10.1 Å². The summed E-state index contributed by atoms with van der Waals surface area (Å²) in [7, 11) is 0. The van der Waals surface area contributed by atoms with E-state index in [1.165, 1.54) is 11.3 Å². The van der Waals surface area contributed by atoms with Gasteiger partial charge in [0.15, 0.2) is 6.61 Å². The van der Waals surface area contributed by atoms with E-state index in [2.05, 4.69) is 31.4 Å². The minimum Gasteiger partial charge on any atom is -0.484 e. The van der Waals surface area contributed by atoms with E-state index in [1.54, 1.807) is 12.1 Å². The molecule has 3 rings (SSSR count). The molecule has 0 aliphatic rings. The summed E-state index contributed by atoms with van der Waals surface area (Å²) in [6.07, 6.45) is 0. The van der Waals surface area contributed by atoms with E-state index in [9.17, 15) is 4.79 Å². The Morgan fingerprint density at radius 1 is 1.23 bits per heavy atom. The molecule has 0 atom stereocenters. The van der Waals surface area contributed by atoms with E-state index in [0.29, 0.717) is 11.6 Å². The highest BCUT2D eigenvalue weighted by atomic mass is 79.9. The molecule has 0 aliphatic carbocycles. The van der Waals surface area contributed by atoms with Crippen LogP contribution in [0, 0.1) is 0 Å². The molecular formula is C14H10BrN3O3S. The third-order valence-electron chi connectivity index (χ3n) is 2.57. The molecule has 1 amide bonds. The van der Waals surface area contributed by atoms with Crippen molar-refractivity contribution in [1.82, 2.24) is 10.2 Å². The van der Waals surface area contributed by atoms with Gasteiger partial charge in [0.1, 0.15) is 5.75 Å². The zero-order chi connectivity index (χ0) is 15.4. The normalized spacial score (nSPS) is 10.4. The molecule has 8 heteroatoms. The van der Waals surface area contributed by atoms with Gasteiger partial charge in [-0.25, -0.2) is 0 Å². The molecule has 112 valence electrons. The van der Waals surface area contributed by atoms with E-state index in [4.69, 9.17) is 9.15 Å². The van der Waals surface area contributed by atoms with E-state index < -0.39 is 0 Å². The Morgan fingerprint density at radius 3 is 2.77 bits per heavy atom. The molecule has 3 aromatic rings. The highest BCUT2D eigenvalue weighted by molar-refractivity contribution is 9.11. The number of carbonyl (C=O) groups excluding carboxylic acids is 1. The average Bonchev–Trinajstić information content (AvgIpc) is 3.15. The summed E-state index contributed by atoms with van der Waals surface area (Å²) in [5, 5.41) is 10.2. The highest BCUT2D eigenvalue weighted by Gasteiger charge is 2.13. The maximum atomic E-state index is 11.8. The number of amides is 1. The molecule has 0 unspecified atom stereocenters. The molecule has 0 saturated heterocycles. The van der Waals surface area contributed by atoms with Crippen molar-refractivity contribution >= 4 is 39.2 Å². The first-order valence-corrected chi connectivity index (χ1v) is 7.88. The van der Waals surface area contributed by atoms with Crippen LogP contribution in [0.1, 0.15) is 0 Å². The number of halogens is 1. The summed E-state index contributed by atoms with van der Waals surface area (Å²) in [5.41, 5.74) is 0. The van der Waals surface area contributed by atoms with Gasteiger partial charge in [0, 0.05) is 0 Å². The number of aromatic nitrogens is 2. The molecule has 1 aromatic carbocycles. The molecular weight excluding hydrogens is 370 g/mol. The zero-order valence-electron chi connectivity index (χ0n) is 11.2. The molecule has 0 bridgehead atoms. The van der Waals surface area contributed by atoms with Crippen LogP contribution in [-0.2, 0) is 4.79 Å². The second kappa shape index (κ2) is 6.71. The first-order valence-electron chi connectivity index (χ1n) is 6.27. The van der Waals surface area contributed by atoms with Crippen LogP contribution in [0.3, 0.4) is 0 Å². The van der Waals surface area contributed by atoms with Crippen LogP contribution in [0.15, 0.2) is 50.7 Å². The van der Waals surface area contributed by atoms with Crippen LogP contribution in [0.25, 0.3) is 10.8 Å². The maximum absolute atomic E-state index is 11.8. The molecule has 0 aliphatic heterocycles. The number of nitrogens with one attached hydrogen (secondary N) is 1. The van der Waals surface area contributed by atoms with Crippen LogP contribution in [0.4, 0.5) is 6.01 Å². The summed E-state index contributed by atoms with van der Waals surface area (Å²) in [6.45, 7) is -0.133. The molecule has 0 radical (unpaired) electrons. The van der Waals surface area contributed by atoms with E-state index in [1.807, 2.05) is 30.3 Å². The van der Waals surface area contributed by atoms with Gasteiger partial charge >= 0.3 is 6.01 Å². The van der Waals surface area contributed by atoms with Crippen molar-refractivity contribution in [3.63, 3.8) is 0 Å². The van der Waals surface area contributed by atoms with E-state index in [-0.39, 0.29) is 18.5 Å². The van der Waals surface area contributed by atoms with Crippen LogP contribution in [0.2, 0.25) is 0 Å². The minimum absolute atomic E-state index is 0.0428. The predicted molar refractivity (Wildman–Crippen MR) is 85.9 cm³/mol. The second-order valence-corrected chi connectivity index (χ2v) is 6.63. The average molecular weight is 380 g/mol. The number of rotatable bonds is 5. The maximum Gasteiger partial charge on any atom is 0.322 e. The molecule has 2 aromatic heterocycles. The van der Waals surface area contributed by atoms with Gasteiger partial charge in [0.2, 0.25) is 0 Å². The first-order chi connectivity index (χ1) is 10.7. The van der Waals surface area contributed by atoms with Gasteiger partial charge in [0.25, 0.3) is 11.8 Å². The fourth-order valence-electron chi connectivity index (χ4n) is 1.62. The summed E-state index contributed by atoms with van der Waals surface area (Å²) in [4.78, 5) is 12.6. The van der Waals surface area contributed by atoms with Gasteiger partial charge in [-0.3, -0.25) is 10.1 Å². The van der Waals surface area contributed by atoms with Gasteiger partial charge in [-0.2, -0.15) is 0 Å². The Hall–Kier alpha value is -2.19. The number of ether oxygens (including phenoxy) is 1. The minimum atomic E-state index is -0.369. The molecule has 0 spiro atoms. The van der Waals surface area contributed by atoms with E-state index in [0.717, 1.165) is 8.66 Å². The Bertz CT molecular complexity index is 773. The highest BCUT2D eigenvalue weighted by Crippen LogP contribution is 2.30. The van der Waals surface area contributed by atoms with Crippen molar-refractivity contribution in [2.24, 2.45) is 0 Å². The number of hydrogen-bond acceptors (Lipinski definition) is 6. The lowest BCUT2D eigenvalue weighted by molar-refractivity contribution is -0.118. The largest absolute Gasteiger partial charge is 0.484 e. The molecule has 22 heavy (non-hydrogen) atoms. The van der Waals surface area contributed by atoms with Crippen molar-refractivity contribution in [1.29, 1.82) is 0 Å². The lowest BCUT2D eigenvalue weighted by atomic mass is 10.3. The van der Waals surface area contributed by atoms with Gasteiger partial charge in [0.05, 0.1) is 8.66 Å². The van der Waals surface area contributed by atoms with Gasteiger partial charge in [-0.15, -0.1) is 16.4 Å². The number of benzene rings is 1. The number of para-hydroxylation sites is 1. The lowest BCUT2D eigenvalue weighted by Crippen LogP contribution is -2.20. The number of thiophene rings is 1. The Kier molecular flexibility index (Phi) is 4.50. The molecule has 2 heterocycles. The Morgan fingerprint density at radius 2 is 2.05 bits per heavy atom. The standard InChI is InChI=1S/C14H10BrN3O3S/c15-11-7-6-10(22-11)13-17-18-14(21-13)16-12(19)8-20-9-4-2-1-3-5-9/h1-7H,8H2,(H,16,18,19). The fourth-order valence-corrected chi connectivity index (χ4v) is 2.93. The Balaban J connectivity index is 1.57. The third-order valence-corrected chi connectivity index (χ3v) is 4.18. The summed E-state index contributed by atoms with van der Waals surface area (Å²) < 4.78 is 11.7. The smallest absolute Gasteiger partial charge is 0.322 e. The van der Waals surface area contributed by atoms with Gasteiger partial charge < -0.3 is 9.15 Å². The van der Waals surface area contributed by atoms with Gasteiger partial charge in [-0.1, -0.05) is 23.3 Å². The van der Waals surface area contributed by atoms with Gasteiger partial charge in [-0.05, 0) is 40.2 Å². The predicted octanol–water partition coefficient (Wildman–Crippen LogP) is 3.58. The van der Waals surface area contributed by atoms with Crippen LogP contribution >= 0.6 is 27.3 Å². The van der Waals surface area contributed by atoms with Crippen LogP contribution in [0.5, 0.6) is 5.75 Å². The quantitative estimate of drug-likeness (QED) is 0.732. The van der Waals surface area contributed by atoms with E-state index >= 15 is 0 Å².